The van der Waals surface area contributed by atoms with E-state index >= 15 is 0 Å². The number of amides is 1. The number of hydrogen-bond acceptors (Lipinski definition) is 5. The lowest BCUT2D eigenvalue weighted by Crippen LogP contribution is -2.34. The van der Waals surface area contributed by atoms with Crippen molar-refractivity contribution >= 4 is 5.91 Å². The van der Waals surface area contributed by atoms with Crippen molar-refractivity contribution in [2.24, 2.45) is 0 Å². The molecule has 1 aliphatic rings. The van der Waals surface area contributed by atoms with E-state index in [1.165, 1.54) is 0 Å². The normalized spacial score (nSPS) is 14.7. The maximum atomic E-state index is 13.1. The van der Waals surface area contributed by atoms with E-state index in [9.17, 15) is 4.79 Å². The standard InChI is InChI=1S/C27H32N4O2/c1-20-10-11-24(27(32)29-16-12-21-7-3-4-9-25(21)33-2)26(30-20)22-13-17-31(18-14-22)19-23-8-5-6-15-28-23/h3-11,15,22H,12-14,16-19H2,1-2H3,(H,29,32). The second kappa shape index (κ2) is 11.1. The third-order valence-electron chi connectivity index (χ3n) is 6.27. The number of piperidine rings is 1. The number of nitrogens with zero attached hydrogens (tertiary/aromatic N) is 3. The van der Waals surface area contributed by atoms with E-state index in [-0.39, 0.29) is 5.91 Å². The van der Waals surface area contributed by atoms with Crippen LogP contribution in [0, 0.1) is 6.92 Å². The van der Waals surface area contributed by atoms with E-state index in [0.717, 1.165) is 67.3 Å². The molecule has 3 heterocycles. The van der Waals surface area contributed by atoms with Gasteiger partial charge in [-0.1, -0.05) is 24.3 Å². The molecular weight excluding hydrogens is 412 g/mol. The van der Waals surface area contributed by atoms with E-state index in [2.05, 4.69) is 21.3 Å². The molecule has 0 bridgehead atoms. The summed E-state index contributed by atoms with van der Waals surface area (Å²) in [5.41, 5.74) is 4.76. The summed E-state index contributed by atoms with van der Waals surface area (Å²) in [7, 11) is 1.67. The first-order valence-corrected chi connectivity index (χ1v) is 11.6. The second-order valence-electron chi connectivity index (χ2n) is 8.57. The molecular formula is C27H32N4O2. The molecule has 0 aliphatic carbocycles. The highest BCUT2D eigenvalue weighted by Gasteiger charge is 2.26. The van der Waals surface area contributed by atoms with Gasteiger partial charge >= 0.3 is 0 Å². The van der Waals surface area contributed by atoms with Gasteiger partial charge in [0.25, 0.3) is 5.91 Å². The van der Waals surface area contributed by atoms with Gasteiger partial charge in [-0.05, 0) is 75.2 Å². The number of hydrogen-bond donors (Lipinski definition) is 1. The predicted octanol–water partition coefficient (Wildman–Crippen LogP) is 4.15. The minimum Gasteiger partial charge on any atom is -0.496 e. The monoisotopic (exact) mass is 444 g/mol. The Balaban J connectivity index is 1.37. The van der Waals surface area contributed by atoms with Crippen molar-refractivity contribution in [3.05, 3.63) is 89.0 Å². The lowest BCUT2D eigenvalue weighted by molar-refractivity contribution is 0.0951. The molecule has 1 fully saturated rings. The zero-order valence-electron chi connectivity index (χ0n) is 19.5. The number of carbonyl (C=O) groups excluding carboxylic acids is 1. The summed E-state index contributed by atoms with van der Waals surface area (Å²) in [4.78, 5) is 24.8. The zero-order valence-corrected chi connectivity index (χ0v) is 19.5. The molecule has 0 atom stereocenters. The van der Waals surface area contributed by atoms with Gasteiger partial charge in [0.15, 0.2) is 0 Å². The minimum absolute atomic E-state index is 0.0525. The Morgan fingerprint density at radius 1 is 1.09 bits per heavy atom. The number of ether oxygens (including phenoxy) is 1. The summed E-state index contributed by atoms with van der Waals surface area (Å²) >= 11 is 0. The molecule has 1 N–H and O–H groups in total. The van der Waals surface area contributed by atoms with Crippen molar-refractivity contribution in [2.75, 3.05) is 26.7 Å². The van der Waals surface area contributed by atoms with Gasteiger partial charge in [-0.2, -0.15) is 0 Å². The first-order chi connectivity index (χ1) is 16.1. The Bertz CT molecular complexity index is 1060. The number of aryl methyl sites for hydroxylation is 1. The van der Waals surface area contributed by atoms with Gasteiger partial charge in [0.1, 0.15) is 5.75 Å². The number of nitrogens with one attached hydrogen (secondary N) is 1. The molecule has 1 amide bonds. The molecule has 1 aromatic carbocycles. The van der Waals surface area contributed by atoms with E-state index < -0.39 is 0 Å². The number of rotatable bonds is 8. The zero-order chi connectivity index (χ0) is 23.0. The molecule has 6 heteroatoms. The minimum atomic E-state index is -0.0525. The van der Waals surface area contributed by atoms with Gasteiger partial charge in [-0.25, -0.2) is 0 Å². The van der Waals surface area contributed by atoms with Crippen LogP contribution in [0.2, 0.25) is 0 Å². The van der Waals surface area contributed by atoms with Gasteiger partial charge in [0.2, 0.25) is 0 Å². The maximum absolute atomic E-state index is 13.1. The number of aromatic nitrogens is 2. The first kappa shape index (κ1) is 22.9. The maximum Gasteiger partial charge on any atom is 0.253 e. The molecule has 3 aromatic rings. The number of carbonyl (C=O) groups is 1. The van der Waals surface area contributed by atoms with E-state index in [4.69, 9.17) is 9.72 Å². The molecule has 0 spiro atoms. The van der Waals surface area contributed by atoms with Crippen LogP contribution in [0.15, 0.2) is 60.8 Å². The molecule has 1 saturated heterocycles. The number of pyridine rings is 2. The lowest BCUT2D eigenvalue weighted by Gasteiger charge is -2.32. The Morgan fingerprint density at radius 2 is 1.88 bits per heavy atom. The molecule has 4 rings (SSSR count). The van der Waals surface area contributed by atoms with E-state index in [0.29, 0.717) is 18.0 Å². The van der Waals surface area contributed by atoms with E-state index in [1.807, 2.05) is 61.7 Å². The van der Waals surface area contributed by atoms with Gasteiger partial charge in [0.05, 0.1) is 24.1 Å². The van der Waals surface area contributed by atoms with Crippen molar-refractivity contribution in [1.29, 1.82) is 0 Å². The van der Waals surface area contributed by atoms with Crippen LogP contribution >= 0.6 is 0 Å². The van der Waals surface area contributed by atoms with Crippen LogP contribution in [0.5, 0.6) is 5.75 Å². The Kier molecular flexibility index (Phi) is 7.68. The molecule has 2 aromatic heterocycles. The summed E-state index contributed by atoms with van der Waals surface area (Å²) in [5.74, 6) is 1.09. The van der Waals surface area contributed by atoms with Gasteiger partial charge < -0.3 is 10.1 Å². The third kappa shape index (κ3) is 5.96. The molecule has 0 unspecified atom stereocenters. The number of likely N-dealkylation sites (tertiary alicyclic amines) is 1. The topological polar surface area (TPSA) is 67.3 Å². The largest absolute Gasteiger partial charge is 0.496 e. The molecule has 1 aliphatic heterocycles. The highest BCUT2D eigenvalue weighted by molar-refractivity contribution is 5.95. The Labute approximate surface area is 196 Å². The first-order valence-electron chi connectivity index (χ1n) is 11.6. The lowest BCUT2D eigenvalue weighted by atomic mass is 9.89. The Hall–Kier alpha value is -3.25. The number of para-hydroxylation sites is 1. The number of benzene rings is 1. The van der Waals surface area contributed by atoms with Gasteiger partial charge in [0, 0.05) is 30.9 Å². The second-order valence-corrected chi connectivity index (χ2v) is 8.57. The molecule has 6 nitrogen and oxygen atoms in total. The van der Waals surface area contributed by atoms with Crippen molar-refractivity contribution < 1.29 is 9.53 Å². The van der Waals surface area contributed by atoms with Crippen molar-refractivity contribution in [3.8, 4) is 5.75 Å². The van der Waals surface area contributed by atoms with Crippen molar-refractivity contribution in [1.82, 2.24) is 20.2 Å². The highest BCUT2D eigenvalue weighted by atomic mass is 16.5. The van der Waals surface area contributed by atoms with E-state index in [1.54, 1.807) is 7.11 Å². The fourth-order valence-corrected chi connectivity index (χ4v) is 4.48. The van der Waals surface area contributed by atoms with Crippen LogP contribution in [0.1, 0.15) is 51.8 Å². The molecule has 33 heavy (non-hydrogen) atoms. The summed E-state index contributed by atoms with van der Waals surface area (Å²) in [6, 6.07) is 17.8. The van der Waals surface area contributed by atoms with Crippen LogP contribution in [0.25, 0.3) is 0 Å². The van der Waals surface area contributed by atoms with Crippen LogP contribution < -0.4 is 10.1 Å². The average Bonchev–Trinajstić information content (AvgIpc) is 2.85. The average molecular weight is 445 g/mol. The quantitative estimate of drug-likeness (QED) is 0.565. The van der Waals surface area contributed by atoms with Crippen molar-refractivity contribution in [3.63, 3.8) is 0 Å². The highest BCUT2D eigenvalue weighted by Crippen LogP contribution is 2.30. The summed E-state index contributed by atoms with van der Waals surface area (Å²) in [5, 5.41) is 3.09. The van der Waals surface area contributed by atoms with Gasteiger partial charge in [-0.3, -0.25) is 19.7 Å². The molecule has 0 saturated carbocycles. The van der Waals surface area contributed by atoms with Crippen molar-refractivity contribution in [2.45, 2.75) is 38.6 Å². The molecule has 0 radical (unpaired) electrons. The summed E-state index contributed by atoms with van der Waals surface area (Å²) < 4.78 is 5.41. The Morgan fingerprint density at radius 3 is 2.64 bits per heavy atom. The smallest absolute Gasteiger partial charge is 0.253 e. The molecule has 172 valence electrons. The number of methoxy groups -OCH3 is 1. The summed E-state index contributed by atoms with van der Waals surface area (Å²) in [6.45, 7) is 5.36. The SMILES string of the molecule is COc1ccccc1CCNC(=O)c1ccc(C)nc1C1CCN(Cc2ccccn2)CC1. The predicted molar refractivity (Wildman–Crippen MR) is 129 cm³/mol. The third-order valence-corrected chi connectivity index (χ3v) is 6.27. The van der Waals surface area contributed by atoms with Crippen LogP contribution in [0.3, 0.4) is 0 Å². The fourth-order valence-electron chi connectivity index (χ4n) is 4.48. The van der Waals surface area contributed by atoms with Crippen LogP contribution in [-0.2, 0) is 13.0 Å². The van der Waals surface area contributed by atoms with Crippen LogP contribution in [0.4, 0.5) is 0 Å². The fraction of sp³-hybridized carbons (Fsp3) is 0.370. The van der Waals surface area contributed by atoms with Gasteiger partial charge in [-0.15, -0.1) is 0 Å². The van der Waals surface area contributed by atoms with Crippen LogP contribution in [-0.4, -0.2) is 47.5 Å². The summed E-state index contributed by atoms with van der Waals surface area (Å²) in [6.07, 6.45) is 4.55.